The molecule has 2 amide bonds. The number of carbonyl (C=O) groups excluding carboxylic acids is 2. The molecule has 9 aromatic rings. The van der Waals surface area contributed by atoms with Gasteiger partial charge in [0.05, 0.1) is 51.8 Å². The zero-order valence-electron chi connectivity index (χ0n) is 63.3. The summed E-state index contributed by atoms with van der Waals surface area (Å²) in [6.45, 7) is 12.8. The second-order valence-electron chi connectivity index (χ2n) is 23.4. The van der Waals surface area contributed by atoms with Crippen molar-refractivity contribution in [2.24, 2.45) is 53.1 Å². The number of carbonyl (C=O) groups is 2. The lowest BCUT2D eigenvalue weighted by molar-refractivity contribution is -0.875. The van der Waals surface area contributed by atoms with Crippen LogP contribution in [-0.4, -0.2) is 102 Å². The maximum absolute atomic E-state index is 12.5. The molecule has 1 atom stereocenters. The molecule has 1 aliphatic rings. The monoisotopic (exact) mass is 1630 g/mol. The quantitative estimate of drug-likeness (QED) is 0.0291. The minimum absolute atomic E-state index is 0. The van der Waals surface area contributed by atoms with E-state index in [1.807, 2.05) is 238 Å². The van der Waals surface area contributed by atoms with Crippen molar-refractivity contribution < 1.29 is 104 Å². The van der Waals surface area contributed by atoms with E-state index in [0.29, 0.717) is 41.1 Å². The average molecular weight is 1640 g/mol. The van der Waals surface area contributed by atoms with Crippen LogP contribution >= 0.6 is 0 Å². The largest absolute Gasteiger partial charge is 1.00 e. The Hall–Kier alpha value is -11.0. The molecule has 2 N–H and O–H groups in total. The fraction of sp³-hybridized carbons (Fsp3) is 0.274. The third-order valence-corrected chi connectivity index (χ3v) is 15.5. The Morgan fingerprint density at radius 3 is 1.59 bits per heavy atom. The van der Waals surface area contributed by atoms with E-state index in [4.69, 9.17) is 20.6 Å². The zero-order valence-corrected chi connectivity index (χ0v) is 67.3. The molecule has 1 aliphatic heterocycles. The Bertz CT molecular complexity index is 4820. The van der Waals surface area contributed by atoms with Crippen LogP contribution in [0.3, 0.4) is 0 Å². The number of hydrazone groups is 1. The second-order valence-corrected chi connectivity index (χ2v) is 28.3. The minimum atomic E-state index is -3.72. The fourth-order valence-corrected chi connectivity index (χ4v) is 8.65. The maximum Gasteiger partial charge on any atom is 0.388 e. The van der Waals surface area contributed by atoms with Gasteiger partial charge in [0, 0.05) is 88.6 Å². The second kappa shape index (κ2) is 48.4. The van der Waals surface area contributed by atoms with Gasteiger partial charge in [-0.15, -0.1) is 20.5 Å². The van der Waals surface area contributed by atoms with Crippen LogP contribution in [0.5, 0.6) is 0 Å². The highest BCUT2D eigenvalue weighted by Gasteiger charge is 2.36. The van der Waals surface area contributed by atoms with E-state index < -0.39 is 36.4 Å². The summed E-state index contributed by atoms with van der Waals surface area (Å²) in [5.41, 5.74) is 12.2. The number of nitrogens with zero attached hydrogens (tertiary/aromatic N) is 16. The molecule has 4 aromatic heterocycles. The molecular weight excluding hydrogens is 1550 g/mol. The number of hydrogen-bond acceptors (Lipinski definition) is 27. The number of unbranched alkanes of at least 4 members (excludes halogenated alkanes) is 1. The summed E-state index contributed by atoms with van der Waals surface area (Å²) < 4.78 is 73.3. The number of anilines is 6. The predicted molar refractivity (Wildman–Crippen MR) is 408 cm³/mol. The fourth-order valence-electron chi connectivity index (χ4n) is 8.55. The molecule has 1 unspecified atom stereocenters. The van der Waals surface area contributed by atoms with Crippen LogP contribution < -0.4 is 81.5 Å². The van der Waals surface area contributed by atoms with Crippen molar-refractivity contribution in [1.29, 1.82) is 0 Å². The van der Waals surface area contributed by atoms with Gasteiger partial charge < -0.3 is 71.0 Å². The normalized spacial score (nSPS) is 12.3. The van der Waals surface area contributed by atoms with Gasteiger partial charge in [0.1, 0.15) is 56.2 Å². The molecule has 0 aliphatic carbocycles. The van der Waals surface area contributed by atoms with Gasteiger partial charge in [-0.3, -0.25) is 9.59 Å². The summed E-state index contributed by atoms with van der Waals surface area (Å²) in [4.78, 5) is 33.1. The van der Waals surface area contributed by atoms with Crippen molar-refractivity contribution in [2.75, 3.05) is 79.0 Å². The van der Waals surface area contributed by atoms with Gasteiger partial charge in [-0.1, -0.05) is 54.9 Å². The molecular formula is C73H91BrN18O15S3. The SMILES string of the molecule is CCCC[n+]1cccc(N=Nc2ccc(N(C)C)cc2C)c1.CCS(=O)(=O)O[O-].CC[n+]1cccc(N=Nc2ccc(N(C)C)cc2NC(C)=O)c1.CO[n+]1ccccc1N=NC1C(=O)N(c2ccccc2)N=C1C.CS(=O)(=O)O[O-].CS(=O)(=O)O[O-].C[n+]1cccc(N=Nc2ccc(Nc3ccccc3)cc2)c1.[Br-]. The lowest BCUT2D eigenvalue weighted by Crippen LogP contribution is -3.00. The molecule has 33 nitrogen and oxygen atoms in total. The lowest BCUT2D eigenvalue weighted by Gasteiger charge is -2.15. The van der Waals surface area contributed by atoms with Crippen LogP contribution in [0, 0.1) is 6.92 Å². The van der Waals surface area contributed by atoms with Gasteiger partial charge in [-0.05, 0) is 153 Å². The van der Waals surface area contributed by atoms with Gasteiger partial charge in [0.25, 0.3) is 36.3 Å². The number of rotatable bonds is 23. The third-order valence-electron chi connectivity index (χ3n) is 14.1. The number of amides is 2. The molecule has 5 heterocycles. The summed E-state index contributed by atoms with van der Waals surface area (Å²) in [5, 5.41) is 72.7. The van der Waals surface area contributed by atoms with Crippen LogP contribution in [0.1, 0.15) is 53.0 Å². The summed E-state index contributed by atoms with van der Waals surface area (Å²) in [5.74, 6) is -0.136. The summed E-state index contributed by atoms with van der Waals surface area (Å²) in [7, 11) is 0.310. The van der Waals surface area contributed by atoms with Crippen LogP contribution in [0.4, 0.5) is 74.1 Å². The Morgan fingerprint density at radius 1 is 0.582 bits per heavy atom. The van der Waals surface area contributed by atoms with Gasteiger partial charge in [0.15, 0.2) is 37.2 Å². The van der Waals surface area contributed by atoms with Crippen molar-refractivity contribution in [3.8, 4) is 0 Å². The summed E-state index contributed by atoms with van der Waals surface area (Å²) in [6, 6.07) is 55.4. The van der Waals surface area contributed by atoms with Crippen molar-refractivity contribution in [1.82, 2.24) is 0 Å². The molecule has 588 valence electrons. The molecule has 0 saturated heterocycles. The molecule has 10 rings (SSSR count). The Kier molecular flexibility index (Phi) is 41.0. The van der Waals surface area contributed by atoms with Crippen LogP contribution in [0.25, 0.3) is 0 Å². The van der Waals surface area contributed by atoms with Gasteiger partial charge in [-0.2, -0.15) is 20.3 Å². The number of pyridine rings is 4. The van der Waals surface area contributed by atoms with Gasteiger partial charge >= 0.3 is 5.82 Å². The van der Waals surface area contributed by atoms with Gasteiger partial charge in [-0.25, -0.2) is 39.0 Å². The molecule has 0 saturated carbocycles. The van der Waals surface area contributed by atoms with E-state index in [1.165, 1.54) is 49.2 Å². The first-order chi connectivity index (χ1) is 51.8. The molecule has 0 fully saturated rings. The van der Waals surface area contributed by atoms with Crippen molar-refractivity contribution in [2.45, 2.75) is 73.5 Å². The minimum Gasteiger partial charge on any atom is -1.00 e. The summed E-state index contributed by atoms with van der Waals surface area (Å²) >= 11 is 0. The number of benzene rings is 5. The van der Waals surface area contributed by atoms with Crippen LogP contribution in [0.15, 0.2) is 265 Å². The zero-order chi connectivity index (χ0) is 80.5. The number of para-hydroxylation sites is 2. The first-order valence-electron chi connectivity index (χ1n) is 33.3. The van der Waals surface area contributed by atoms with E-state index in [-0.39, 0.29) is 34.5 Å². The van der Waals surface area contributed by atoms with Crippen molar-refractivity contribution >= 4 is 122 Å². The van der Waals surface area contributed by atoms with E-state index in [0.717, 1.165) is 64.2 Å². The number of hydrogen-bond donors (Lipinski definition) is 2. The van der Waals surface area contributed by atoms with Crippen LogP contribution in [0.2, 0.25) is 0 Å². The number of aryl methyl sites for hydroxylation is 4. The Balaban J connectivity index is 0.000000350. The summed E-state index contributed by atoms with van der Waals surface area (Å²) in [6.07, 6.45) is 17.4. The molecule has 5 aromatic carbocycles. The highest BCUT2D eigenvalue weighted by Crippen LogP contribution is 2.32. The van der Waals surface area contributed by atoms with E-state index in [9.17, 15) is 34.8 Å². The average Bonchev–Trinajstić information content (AvgIpc) is 1.66. The Labute approximate surface area is 652 Å². The highest BCUT2D eigenvalue weighted by molar-refractivity contribution is 7.86. The number of halogens is 1. The van der Waals surface area contributed by atoms with Crippen LogP contribution in [-0.2, 0) is 73.1 Å². The first kappa shape index (κ1) is 93.2. The number of azo groups is 4. The predicted octanol–water partition coefficient (Wildman–Crippen LogP) is 6.68. The lowest BCUT2D eigenvalue weighted by atomic mass is 10.2. The Morgan fingerprint density at radius 2 is 1.08 bits per heavy atom. The van der Waals surface area contributed by atoms with E-state index in [1.54, 1.807) is 19.2 Å². The first-order valence-corrected chi connectivity index (χ1v) is 38.5. The van der Waals surface area contributed by atoms with E-state index >= 15 is 0 Å². The number of nitrogens with one attached hydrogen (secondary N) is 2. The smallest absolute Gasteiger partial charge is 0.388 e. The molecule has 37 heteroatoms. The standard InChI is InChI=1S/C18H17N4.C18H25N4.C17H21N5O.C16H16N5O2.C2H6O4S.2CH4O4S.BrH/c1-22-13-5-8-18(14-22)21-20-17-11-9-16(10-12-17)19-15-6-3-2-4-7-15;1-5-6-11-22-12-7-8-16(14-22)19-20-18-10-9-17(21(3)4)13-15(18)2;1-5-22-10-6-7-14(12-22)19-20-16-9-8-15(21(3)4)11-17(16)18-13(2)23;1-12-15(18-17-14-10-6-7-11-20(14)23-2)16(22)21(19-12)13-8-4-3-5-9-13;1-2-7(4,5)6-3;2*1-6(3,4)5-2;/h2-14,19H,1H3;7-10,12-14H,5-6,11H2,1-4H3;6-12H,5H2,1-4H3;3-11,15H,1-2H3;3H,2H2,1H3;2*2H,1H3;1H/q2*+1;;+1;;;;/p-3. The molecule has 0 bridgehead atoms. The molecule has 110 heavy (non-hydrogen) atoms. The molecule has 0 radical (unpaired) electrons. The van der Waals surface area contributed by atoms with Crippen molar-refractivity contribution in [3.63, 3.8) is 0 Å². The third kappa shape index (κ3) is 35.8. The molecule has 0 spiro atoms. The van der Waals surface area contributed by atoms with Gasteiger partial charge in [0.2, 0.25) is 11.9 Å². The number of aromatic nitrogens is 4. The topological polar surface area (TPSA) is 403 Å². The van der Waals surface area contributed by atoms with Crippen molar-refractivity contribution in [3.05, 3.63) is 225 Å². The maximum atomic E-state index is 12.5. The highest BCUT2D eigenvalue weighted by atomic mass is 79.9. The van der Waals surface area contributed by atoms with E-state index in [2.05, 4.69) is 118 Å².